The van der Waals surface area contributed by atoms with Crippen LogP contribution in [0.1, 0.15) is 12.5 Å². The van der Waals surface area contributed by atoms with E-state index in [1.165, 1.54) is 6.92 Å². The van der Waals surface area contributed by atoms with Gasteiger partial charge in [0.25, 0.3) is 0 Å². The van der Waals surface area contributed by atoms with Gasteiger partial charge in [-0.1, -0.05) is 24.3 Å². The van der Waals surface area contributed by atoms with Crippen molar-refractivity contribution in [2.75, 3.05) is 0 Å². The summed E-state index contributed by atoms with van der Waals surface area (Å²) >= 11 is 1.60. The van der Waals surface area contributed by atoms with Crippen molar-refractivity contribution in [2.45, 2.75) is 13.5 Å². The number of nitrogens with zero attached hydrogens (tertiary/aromatic N) is 1. The van der Waals surface area contributed by atoms with Gasteiger partial charge in [0, 0.05) is 30.6 Å². The Morgan fingerprint density at radius 1 is 1.44 bits per heavy atom. The molecule has 82 valence electrons. The van der Waals surface area contributed by atoms with Gasteiger partial charge in [0.2, 0.25) is 5.91 Å². The molecular weight excluding hydrogens is 220 g/mol. The van der Waals surface area contributed by atoms with E-state index in [0.29, 0.717) is 6.54 Å². The van der Waals surface area contributed by atoms with Crippen molar-refractivity contribution in [1.29, 1.82) is 0 Å². The first-order chi connectivity index (χ1) is 7.77. The SMILES string of the molecule is CC(=O)NCc1ccccc1-c1nccs1. The number of nitrogens with one attached hydrogen (secondary N) is 1. The van der Waals surface area contributed by atoms with Gasteiger partial charge in [-0.3, -0.25) is 4.79 Å². The summed E-state index contributed by atoms with van der Waals surface area (Å²) < 4.78 is 0. The maximum absolute atomic E-state index is 10.9. The maximum atomic E-state index is 10.9. The Hall–Kier alpha value is -1.68. The van der Waals surface area contributed by atoms with Gasteiger partial charge in [0.1, 0.15) is 5.01 Å². The number of thiazole rings is 1. The topological polar surface area (TPSA) is 42.0 Å². The van der Waals surface area contributed by atoms with Crippen LogP contribution in [0, 0.1) is 0 Å². The van der Waals surface area contributed by atoms with E-state index < -0.39 is 0 Å². The Bertz CT molecular complexity index is 480. The molecule has 1 amide bonds. The van der Waals surface area contributed by atoms with Crippen LogP contribution in [0.2, 0.25) is 0 Å². The van der Waals surface area contributed by atoms with Crippen LogP contribution in [-0.4, -0.2) is 10.9 Å². The van der Waals surface area contributed by atoms with E-state index in [2.05, 4.69) is 10.3 Å². The van der Waals surface area contributed by atoms with Gasteiger partial charge in [-0.2, -0.15) is 0 Å². The molecule has 1 N–H and O–H groups in total. The summed E-state index contributed by atoms with van der Waals surface area (Å²) in [7, 11) is 0. The lowest BCUT2D eigenvalue weighted by atomic mass is 10.1. The third kappa shape index (κ3) is 2.46. The quantitative estimate of drug-likeness (QED) is 0.883. The van der Waals surface area contributed by atoms with E-state index in [-0.39, 0.29) is 5.91 Å². The van der Waals surface area contributed by atoms with Crippen LogP contribution < -0.4 is 5.32 Å². The Labute approximate surface area is 98.2 Å². The molecule has 0 bridgehead atoms. The molecule has 1 heterocycles. The fourth-order valence-corrected chi connectivity index (χ4v) is 2.16. The largest absolute Gasteiger partial charge is 0.352 e. The van der Waals surface area contributed by atoms with E-state index in [4.69, 9.17) is 0 Å². The Kier molecular flexibility index (Phi) is 3.31. The zero-order chi connectivity index (χ0) is 11.4. The predicted molar refractivity (Wildman–Crippen MR) is 65.1 cm³/mol. The highest BCUT2D eigenvalue weighted by molar-refractivity contribution is 7.13. The predicted octanol–water partition coefficient (Wildman–Crippen LogP) is 2.45. The fourth-order valence-electron chi connectivity index (χ4n) is 1.46. The normalized spacial score (nSPS) is 10.1. The molecule has 0 atom stereocenters. The van der Waals surface area contributed by atoms with E-state index in [1.54, 1.807) is 17.5 Å². The summed E-state index contributed by atoms with van der Waals surface area (Å²) in [5.41, 5.74) is 2.18. The first kappa shape index (κ1) is 10.8. The molecule has 1 aromatic heterocycles. The summed E-state index contributed by atoms with van der Waals surface area (Å²) in [6, 6.07) is 7.98. The van der Waals surface area contributed by atoms with Crippen molar-refractivity contribution < 1.29 is 4.79 Å². The average molecular weight is 232 g/mol. The lowest BCUT2D eigenvalue weighted by Gasteiger charge is -2.07. The van der Waals surface area contributed by atoms with Crippen LogP contribution in [0.15, 0.2) is 35.8 Å². The molecule has 1 aromatic carbocycles. The smallest absolute Gasteiger partial charge is 0.217 e. The summed E-state index contributed by atoms with van der Waals surface area (Å²) in [5, 5.41) is 5.74. The highest BCUT2D eigenvalue weighted by Crippen LogP contribution is 2.25. The fraction of sp³-hybridized carbons (Fsp3) is 0.167. The third-order valence-corrected chi connectivity index (χ3v) is 3.01. The molecule has 4 heteroatoms. The molecular formula is C12H12N2OS. The molecule has 0 saturated carbocycles. The summed E-state index contributed by atoms with van der Waals surface area (Å²) in [4.78, 5) is 15.2. The van der Waals surface area contributed by atoms with Crippen molar-refractivity contribution in [3.8, 4) is 10.6 Å². The van der Waals surface area contributed by atoms with Crippen molar-refractivity contribution >= 4 is 17.2 Å². The molecule has 0 spiro atoms. The van der Waals surface area contributed by atoms with Crippen molar-refractivity contribution in [1.82, 2.24) is 10.3 Å². The standard InChI is InChI=1S/C12H12N2OS/c1-9(15)14-8-10-4-2-3-5-11(10)12-13-6-7-16-12/h2-7H,8H2,1H3,(H,14,15). The van der Waals surface area contributed by atoms with Crippen molar-refractivity contribution in [2.24, 2.45) is 0 Å². The van der Waals surface area contributed by atoms with Crippen LogP contribution in [-0.2, 0) is 11.3 Å². The third-order valence-electron chi connectivity index (χ3n) is 2.21. The molecule has 0 radical (unpaired) electrons. The zero-order valence-corrected chi connectivity index (χ0v) is 9.75. The summed E-state index contributed by atoms with van der Waals surface area (Å²) in [6.07, 6.45) is 1.79. The molecule has 2 rings (SSSR count). The lowest BCUT2D eigenvalue weighted by molar-refractivity contribution is -0.119. The maximum Gasteiger partial charge on any atom is 0.217 e. The number of aromatic nitrogens is 1. The van der Waals surface area contributed by atoms with Crippen LogP contribution in [0.5, 0.6) is 0 Å². The summed E-state index contributed by atoms with van der Waals surface area (Å²) in [6.45, 7) is 2.07. The second-order valence-electron chi connectivity index (χ2n) is 3.40. The summed E-state index contributed by atoms with van der Waals surface area (Å²) in [5.74, 6) is -0.0195. The number of amides is 1. The molecule has 0 aliphatic carbocycles. The van der Waals surface area contributed by atoms with Gasteiger partial charge in [0.15, 0.2) is 0 Å². The molecule has 16 heavy (non-hydrogen) atoms. The zero-order valence-electron chi connectivity index (χ0n) is 8.93. The molecule has 0 aliphatic heterocycles. The van der Waals surface area contributed by atoms with Gasteiger partial charge in [0.05, 0.1) is 0 Å². The van der Waals surface area contributed by atoms with Gasteiger partial charge in [-0.15, -0.1) is 11.3 Å². The molecule has 2 aromatic rings. The van der Waals surface area contributed by atoms with Crippen LogP contribution in [0.4, 0.5) is 0 Å². The van der Waals surface area contributed by atoms with Crippen LogP contribution >= 0.6 is 11.3 Å². The minimum absolute atomic E-state index is 0.0195. The van der Waals surface area contributed by atoms with Gasteiger partial charge in [-0.05, 0) is 5.56 Å². The number of carbonyl (C=O) groups excluding carboxylic acids is 1. The van der Waals surface area contributed by atoms with Gasteiger partial charge < -0.3 is 5.32 Å². The average Bonchev–Trinajstić information content (AvgIpc) is 2.80. The van der Waals surface area contributed by atoms with E-state index >= 15 is 0 Å². The molecule has 0 aliphatic rings. The number of hydrogen-bond donors (Lipinski definition) is 1. The van der Waals surface area contributed by atoms with Crippen LogP contribution in [0.25, 0.3) is 10.6 Å². The van der Waals surface area contributed by atoms with E-state index in [9.17, 15) is 4.79 Å². The molecule has 0 unspecified atom stereocenters. The van der Waals surface area contributed by atoms with E-state index in [0.717, 1.165) is 16.1 Å². The molecule has 0 fully saturated rings. The minimum Gasteiger partial charge on any atom is -0.352 e. The highest BCUT2D eigenvalue weighted by atomic mass is 32.1. The second-order valence-corrected chi connectivity index (χ2v) is 4.30. The minimum atomic E-state index is -0.0195. The second kappa shape index (κ2) is 4.90. The van der Waals surface area contributed by atoms with Crippen molar-refractivity contribution in [3.05, 3.63) is 41.4 Å². The highest BCUT2D eigenvalue weighted by Gasteiger charge is 2.06. The van der Waals surface area contributed by atoms with Crippen LogP contribution in [0.3, 0.4) is 0 Å². The lowest BCUT2D eigenvalue weighted by Crippen LogP contribution is -2.19. The van der Waals surface area contributed by atoms with E-state index in [1.807, 2.05) is 29.6 Å². The number of hydrogen-bond acceptors (Lipinski definition) is 3. The Morgan fingerprint density at radius 2 is 2.25 bits per heavy atom. The first-order valence-corrected chi connectivity index (χ1v) is 5.87. The molecule has 0 saturated heterocycles. The Morgan fingerprint density at radius 3 is 2.94 bits per heavy atom. The first-order valence-electron chi connectivity index (χ1n) is 4.99. The molecule has 3 nitrogen and oxygen atoms in total. The number of rotatable bonds is 3. The van der Waals surface area contributed by atoms with Gasteiger partial charge >= 0.3 is 0 Å². The van der Waals surface area contributed by atoms with Gasteiger partial charge in [-0.25, -0.2) is 4.98 Å². The monoisotopic (exact) mass is 232 g/mol. The Balaban J connectivity index is 2.27. The number of benzene rings is 1. The van der Waals surface area contributed by atoms with Crippen molar-refractivity contribution in [3.63, 3.8) is 0 Å². The number of carbonyl (C=O) groups is 1.